The van der Waals surface area contributed by atoms with Gasteiger partial charge < -0.3 is 9.73 Å². The zero-order chi connectivity index (χ0) is 21.8. The van der Waals surface area contributed by atoms with Crippen molar-refractivity contribution in [3.8, 4) is 11.5 Å². The number of nitro benzene ring substituents is 1. The normalized spacial score (nSPS) is 13.6. The van der Waals surface area contributed by atoms with E-state index in [1.807, 2.05) is 6.92 Å². The number of aromatic nitrogens is 2. The lowest BCUT2D eigenvalue weighted by molar-refractivity contribution is -0.739. The lowest BCUT2D eigenvalue weighted by Crippen LogP contribution is -2.86. The van der Waals surface area contributed by atoms with Crippen LogP contribution in [-0.2, 0) is 0 Å². The van der Waals surface area contributed by atoms with Crippen molar-refractivity contribution in [2.24, 2.45) is 5.92 Å². The molecule has 0 amide bonds. The van der Waals surface area contributed by atoms with Gasteiger partial charge in [0.25, 0.3) is 11.6 Å². The van der Waals surface area contributed by atoms with Crippen LogP contribution >= 0.6 is 0 Å². The van der Waals surface area contributed by atoms with Crippen molar-refractivity contribution >= 4 is 5.69 Å². The fraction of sp³-hybridized carbons (Fsp3) is 0.391. The summed E-state index contributed by atoms with van der Waals surface area (Å²) in [7, 11) is 0. The van der Waals surface area contributed by atoms with E-state index < -0.39 is 4.92 Å². The minimum atomic E-state index is -0.431. The quantitative estimate of drug-likeness (QED) is 0.426. The Morgan fingerprint density at radius 2 is 1.50 bits per heavy atom. The summed E-state index contributed by atoms with van der Waals surface area (Å²) < 4.78 is 5.88. The highest BCUT2D eigenvalue weighted by molar-refractivity contribution is 5.55. The molecular weight excluding hydrogens is 380 g/mol. The van der Waals surface area contributed by atoms with Crippen molar-refractivity contribution in [3.63, 3.8) is 0 Å². The molecule has 0 saturated carbocycles. The number of benzene rings is 2. The molecule has 3 rings (SSSR count). The van der Waals surface area contributed by atoms with Gasteiger partial charge in [0.05, 0.1) is 4.92 Å². The number of non-ortho nitro benzene ring substituents is 1. The second-order valence-electron chi connectivity index (χ2n) is 8.32. The Morgan fingerprint density at radius 3 is 2.03 bits per heavy atom. The molecule has 3 aromatic rings. The number of nitro groups is 1. The van der Waals surface area contributed by atoms with Gasteiger partial charge in [0.1, 0.15) is 6.04 Å². The highest BCUT2D eigenvalue weighted by atomic mass is 16.6. The summed E-state index contributed by atoms with van der Waals surface area (Å²) >= 11 is 0. The minimum absolute atomic E-state index is 0.0264. The van der Waals surface area contributed by atoms with Crippen LogP contribution in [0.2, 0.25) is 0 Å². The molecule has 7 heteroatoms. The maximum atomic E-state index is 10.8. The molecule has 1 aromatic heterocycles. The van der Waals surface area contributed by atoms with Gasteiger partial charge >= 0.3 is 0 Å². The van der Waals surface area contributed by atoms with Crippen LogP contribution in [0, 0.1) is 16.0 Å². The van der Waals surface area contributed by atoms with E-state index in [2.05, 4.69) is 67.5 Å². The van der Waals surface area contributed by atoms with E-state index in [0.717, 1.165) is 0 Å². The molecule has 0 bridgehead atoms. The van der Waals surface area contributed by atoms with Crippen LogP contribution < -0.4 is 5.32 Å². The number of rotatable bonds is 8. The summed E-state index contributed by atoms with van der Waals surface area (Å²) in [4.78, 5) is 10.4. The molecule has 158 valence electrons. The standard InChI is InChI=1S/C23H28N4O3/c1-14(2)17-6-8-18(9-7-17)21(15(3)4)24-16(5)22-25-26-23(30-22)19-10-12-20(13-11-19)27(28)29/h6-16,21,24H,1-5H3/p+1/t16-,21-/m0/s1. The van der Waals surface area contributed by atoms with E-state index in [-0.39, 0.29) is 17.8 Å². The lowest BCUT2D eigenvalue weighted by atomic mass is 9.93. The Morgan fingerprint density at radius 1 is 0.900 bits per heavy atom. The SMILES string of the molecule is CC(C)c1ccc([C@@H]([NH2+][C@@H](C)c2nnc(-c3ccc([N+](=O)[O-])cc3)o2)C(C)C)cc1. The smallest absolute Gasteiger partial charge is 0.274 e. The highest BCUT2D eigenvalue weighted by Gasteiger charge is 2.26. The third-order valence-corrected chi connectivity index (χ3v) is 5.36. The molecule has 0 spiro atoms. The molecule has 7 nitrogen and oxygen atoms in total. The predicted octanol–water partition coefficient (Wildman–Crippen LogP) is 4.79. The van der Waals surface area contributed by atoms with Crippen LogP contribution in [0.1, 0.15) is 69.6 Å². The first-order valence-corrected chi connectivity index (χ1v) is 10.3. The zero-order valence-corrected chi connectivity index (χ0v) is 18.1. The number of hydrogen-bond acceptors (Lipinski definition) is 5. The van der Waals surface area contributed by atoms with Crippen LogP contribution in [0.4, 0.5) is 5.69 Å². The van der Waals surface area contributed by atoms with E-state index in [4.69, 9.17) is 4.42 Å². The van der Waals surface area contributed by atoms with Crippen LogP contribution in [0.15, 0.2) is 52.9 Å². The molecule has 0 aliphatic heterocycles. The Labute approximate surface area is 176 Å². The van der Waals surface area contributed by atoms with Gasteiger partial charge in [0.15, 0.2) is 6.04 Å². The van der Waals surface area contributed by atoms with Gasteiger partial charge in [-0.3, -0.25) is 10.1 Å². The van der Waals surface area contributed by atoms with Crippen LogP contribution in [0.25, 0.3) is 11.5 Å². The molecule has 30 heavy (non-hydrogen) atoms. The molecule has 0 aliphatic rings. The van der Waals surface area contributed by atoms with Gasteiger partial charge in [0.2, 0.25) is 5.89 Å². The lowest BCUT2D eigenvalue weighted by Gasteiger charge is -2.22. The number of quaternary nitrogens is 1. The molecule has 1 heterocycles. The number of nitrogens with two attached hydrogens (primary N) is 1. The van der Waals surface area contributed by atoms with E-state index >= 15 is 0 Å². The molecule has 2 N–H and O–H groups in total. The first kappa shape index (κ1) is 21.6. The summed E-state index contributed by atoms with van der Waals surface area (Å²) in [5.74, 6) is 1.83. The fourth-order valence-corrected chi connectivity index (χ4v) is 3.48. The van der Waals surface area contributed by atoms with Gasteiger partial charge in [-0.05, 0) is 30.5 Å². The highest BCUT2D eigenvalue weighted by Crippen LogP contribution is 2.25. The molecule has 0 saturated heterocycles. The fourth-order valence-electron chi connectivity index (χ4n) is 3.48. The molecule has 2 aromatic carbocycles. The average Bonchev–Trinajstić information content (AvgIpc) is 3.22. The molecule has 0 radical (unpaired) electrons. The molecule has 0 fully saturated rings. The van der Waals surface area contributed by atoms with Crippen molar-refractivity contribution in [2.75, 3.05) is 0 Å². The van der Waals surface area contributed by atoms with Crippen molar-refractivity contribution in [3.05, 3.63) is 75.7 Å². The van der Waals surface area contributed by atoms with Gasteiger partial charge in [-0.2, -0.15) is 0 Å². The topological polar surface area (TPSA) is 98.7 Å². The third-order valence-electron chi connectivity index (χ3n) is 5.36. The first-order valence-electron chi connectivity index (χ1n) is 10.3. The Hall–Kier alpha value is -3.06. The van der Waals surface area contributed by atoms with Crippen molar-refractivity contribution < 1.29 is 14.7 Å². The second-order valence-corrected chi connectivity index (χ2v) is 8.32. The predicted molar refractivity (Wildman–Crippen MR) is 115 cm³/mol. The third kappa shape index (κ3) is 4.91. The Balaban J connectivity index is 1.75. The van der Waals surface area contributed by atoms with Crippen LogP contribution in [-0.4, -0.2) is 15.1 Å². The zero-order valence-electron chi connectivity index (χ0n) is 18.1. The van der Waals surface area contributed by atoms with E-state index in [0.29, 0.717) is 29.2 Å². The van der Waals surface area contributed by atoms with Gasteiger partial charge in [-0.25, -0.2) is 0 Å². The molecule has 0 unspecified atom stereocenters. The van der Waals surface area contributed by atoms with Gasteiger partial charge in [0, 0.05) is 29.2 Å². The van der Waals surface area contributed by atoms with Crippen molar-refractivity contribution in [2.45, 2.75) is 52.6 Å². The summed E-state index contributed by atoms with van der Waals surface area (Å²) in [6.45, 7) is 10.9. The summed E-state index contributed by atoms with van der Waals surface area (Å²) in [6.07, 6.45) is 0. The monoisotopic (exact) mass is 409 g/mol. The number of nitrogens with zero attached hydrogens (tertiary/aromatic N) is 3. The Bertz CT molecular complexity index is 978. The average molecular weight is 410 g/mol. The van der Waals surface area contributed by atoms with Crippen molar-refractivity contribution in [1.29, 1.82) is 0 Å². The maximum absolute atomic E-state index is 10.8. The van der Waals surface area contributed by atoms with Crippen LogP contribution in [0.3, 0.4) is 0 Å². The maximum Gasteiger partial charge on any atom is 0.274 e. The molecule has 2 atom stereocenters. The second kappa shape index (κ2) is 9.17. The van der Waals surface area contributed by atoms with Crippen LogP contribution in [0.5, 0.6) is 0 Å². The van der Waals surface area contributed by atoms with Gasteiger partial charge in [-0.1, -0.05) is 52.0 Å². The minimum Gasteiger partial charge on any atom is -0.415 e. The Kier molecular flexibility index (Phi) is 6.62. The number of hydrogen-bond donors (Lipinski definition) is 1. The van der Waals surface area contributed by atoms with E-state index in [9.17, 15) is 10.1 Å². The summed E-state index contributed by atoms with van der Waals surface area (Å²) in [5.41, 5.74) is 3.30. The summed E-state index contributed by atoms with van der Waals surface area (Å²) in [5, 5.41) is 21.4. The van der Waals surface area contributed by atoms with E-state index in [1.54, 1.807) is 12.1 Å². The van der Waals surface area contributed by atoms with E-state index in [1.165, 1.54) is 23.3 Å². The molecular formula is C23H29N4O3+. The first-order chi connectivity index (χ1) is 14.3. The van der Waals surface area contributed by atoms with Gasteiger partial charge in [-0.15, -0.1) is 10.2 Å². The summed E-state index contributed by atoms with van der Waals surface area (Å²) in [6, 6.07) is 15.2. The largest absolute Gasteiger partial charge is 0.415 e. The molecule has 0 aliphatic carbocycles. The van der Waals surface area contributed by atoms with Crippen molar-refractivity contribution in [1.82, 2.24) is 10.2 Å².